The number of piperidine rings is 1. The molecular formula is C15H21NO3. The van der Waals surface area contributed by atoms with Gasteiger partial charge in [0.2, 0.25) is 5.75 Å². The van der Waals surface area contributed by atoms with Crippen molar-refractivity contribution in [2.45, 2.75) is 25.7 Å². The molecule has 2 N–H and O–H groups in total. The minimum absolute atomic E-state index is 0.276. The summed E-state index contributed by atoms with van der Waals surface area (Å²) in [6, 6.07) is 3.90. The topological polar surface area (TPSA) is 50.7 Å². The Balaban J connectivity index is 1.80. The first-order valence-corrected chi connectivity index (χ1v) is 7.16. The van der Waals surface area contributed by atoms with Gasteiger partial charge < -0.3 is 19.9 Å². The van der Waals surface area contributed by atoms with Crippen LogP contribution in [0.15, 0.2) is 12.1 Å². The van der Waals surface area contributed by atoms with Gasteiger partial charge in [0.1, 0.15) is 0 Å². The van der Waals surface area contributed by atoms with Crippen LogP contribution in [0.1, 0.15) is 24.8 Å². The van der Waals surface area contributed by atoms with Crippen molar-refractivity contribution in [1.29, 1.82) is 0 Å². The normalized spacial score (nSPS) is 20.0. The molecule has 2 aliphatic rings. The molecule has 2 aliphatic heterocycles. The van der Waals surface area contributed by atoms with Gasteiger partial charge in [0.25, 0.3) is 0 Å². The highest BCUT2D eigenvalue weighted by Crippen LogP contribution is 2.41. The predicted octanol–water partition coefficient (Wildman–Crippen LogP) is 2.10. The average Bonchev–Trinajstić information content (AvgIpc) is 2.69. The van der Waals surface area contributed by atoms with Crippen molar-refractivity contribution in [2.24, 2.45) is 5.92 Å². The third-order valence-electron chi connectivity index (χ3n) is 3.94. The van der Waals surface area contributed by atoms with Crippen LogP contribution in [0, 0.1) is 5.92 Å². The van der Waals surface area contributed by atoms with Crippen LogP contribution in [0.25, 0.3) is 0 Å². The van der Waals surface area contributed by atoms with Gasteiger partial charge in [0, 0.05) is 6.42 Å². The monoisotopic (exact) mass is 263 g/mol. The van der Waals surface area contributed by atoms with E-state index in [1.807, 2.05) is 12.1 Å². The SMILES string of the molecule is Oc1c(CC2CCNCC2)ccc2c1OCCCO2. The maximum absolute atomic E-state index is 10.4. The second-order valence-electron chi connectivity index (χ2n) is 5.35. The summed E-state index contributed by atoms with van der Waals surface area (Å²) in [5.74, 6) is 2.13. The van der Waals surface area contributed by atoms with E-state index in [0.29, 0.717) is 30.6 Å². The number of ether oxygens (including phenoxy) is 2. The van der Waals surface area contributed by atoms with Gasteiger partial charge in [-0.05, 0) is 49.9 Å². The maximum Gasteiger partial charge on any atom is 0.203 e. The molecule has 104 valence electrons. The minimum atomic E-state index is 0.276. The highest BCUT2D eigenvalue weighted by molar-refractivity contribution is 5.55. The van der Waals surface area contributed by atoms with Crippen LogP contribution >= 0.6 is 0 Å². The quantitative estimate of drug-likeness (QED) is 0.858. The molecule has 0 bridgehead atoms. The van der Waals surface area contributed by atoms with E-state index >= 15 is 0 Å². The van der Waals surface area contributed by atoms with Gasteiger partial charge in [-0.25, -0.2) is 0 Å². The van der Waals surface area contributed by atoms with Crippen molar-refractivity contribution in [3.05, 3.63) is 17.7 Å². The third-order valence-corrected chi connectivity index (χ3v) is 3.94. The van der Waals surface area contributed by atoms with E-state index in [1.165, 1.54) is 12.8 Å². The predicted molar refractivity (Wildman–Crippen MR) is 73.0 cm³/mol. The molecule has 0 radical (unpaired) electrons. The molecule has 2 heterocycles. The zero-order valence-electron chi connectivity index (χ0n) is 11.2. The zero-order valence-corrected chi connectivity index (χ0v) is 11.2. The van der Waals surface area contributed by atoms with E-state index in [4.69, 9.17) is 9.47 Å². The smallest absolute Gasteiger partial charge is 0.203 e. The van der Waals surface area contributed by atoms with Gasteiger partial charge in [-0.3, -0.25) is 0 Å². The molecular weight excluding hydrogens is 242 g/mol. The number of fused-ring (bicyclic) bond motifs is 1. The first-order valence-electron chi connectivity index (χ1n) is 7.16. The summed E-state index contributed by atoms with van der Waals surface area (Å²) in [6.07, 6.45) is 4.13. The molecule has 0 spiro atoms. The first kappa shape index (κ1) is 12.6. The van der Waals surface area contributed by atoms with Crippen molar-refractivity contribution >= 4 is 0 Å². The molecule has 19 heavy (non-hydrogen) atoms. The maximum atomic E-state index is 10.4. The molecule has 4 heteroatoms. The number of phenolic OH excluding ortho intramolecular Hbond substituents is 1. The van der Waals surface area contributed by atoms with E-state index in [1.54, 1.807) is 0 Å². The van der Waals surface area contributed by atoms with Crippen molar-refractivity contribution in [3.63, 3.8) is 0 Å². The highest BCUT2D eigenvalue weighted by Gasteiger charge is 2.21. The lowest BCUT2D eigenvalue weighted by atomic mass is 9.90. The molecule has 0 aliphatic carbocycles. The van der Waals surface area contributed by atoms with Crippen LogP contribution in [0.4, 0.5) is 0 Å². The van der Waals surface area contributed by atoms with Gasteiger partial charge in [-0.2, -0.15) is 0 Å². The fourth-order valence-corrected chi connectivity index (χ4v) is 2.82. The molecule has 4 nitrogen and oxygen atoms in total. The third kappa shape index (κ3) is 2.78. The Hall–Kier alpha value is -1.42. The van der Waals surface area contributed by atoms with Crippen LogP contribution in [-0.4, -0.2) is 31.4 Å². The number of hydrogen-bond acceptors (Lipinski definition) is 4. The molecule has 0 atom stereocenters. The Morgan fingerprint density at radius 1 is 1.16 bits per heavy atom. The first-order chi connectivity index (χ1) is 9.34. The van der Waals surface area contributed by atoms with Gasteiger partial charge in [0.05, 0.1) is 13.2 Å². The van der Waals surface area contributed by atoms with Gasteiger partial charge in [-0.1, -0.05) is 6.07 Å². The number of nitrogens with one attached hydrogen (secondary N) is 1. The summed E-state index contributed by atoms with van der Waals surface area (Å²) in [6.45, 7) is 3.42. The zero-order chi connectivity index (χ0) is 13.1. The molecule has 0 aromatic heterocycles. The van der Waals surface area contributed by atoms with Crippen molar-refractivity contribution in [1.82, 2.24) is 5.32 Å². The Morgan fingerprint density at radius 3 is 2.79 bits per heavy atom. The lowest BCUT2D eigenvalue weighted by Gasteiger charge is -2.23. The van der Waals surface area contributed by atoms with Crippen LogP contribution < -0.4 is 14.8 Å². The van der Waals surface area contributed by atoms with Crippen LogP contribution in [0.3, 0.4) is 0 Å². The number of phenols is 1. The summed E-state index contributed by atoms with van der Waals surface area (Å²) in [7, 11) is 0. The molecule has 0 saturated carbocycles. The van der Waals surface area contributed by atoms with E-state index in [0.717, 1.165) is 31.5 Å². The number of benzene rings is 1. The Labute approximate surface area is 113 Å². The summed E-state index contributed by atoms with van der Waals surface area (Å²) in [5.41, 5.74) is 0.983. The highest BCUT2D eigenvalue weighted by atomic mass is 16.5. The van der Waals surface area contributed by atoms with Crippen LogP contribution in [-0.2, 0) is 6.42 Å². The summed E-state index contributed by atoms with van der Waals surface area (Å²) in [5, 5.41) is 13.7. The van der Waals surface area contributed by atoms with Crippen LogP contribution in [0.2, 0.25) is 0 Å². The van der Waals surface area contributed by atoms with E-state index in [9.17, 15) is 5.11 Å². The summed E-state index contributed by atoms with van der Waals surface area (Å²) in [4.78, 5) is 0. The molecule has 1 saturated heterocycles. The van der Waals surface area contributed by atoms with E-state index in [-0.39, 0.29) is 5.75 Å². The van der Waals surface area contributed by atoms with Gasteiger partial charge in [-0.15, -0.1) is 0 Å². The molecule has 0 amide bonds. The standard InChI is InChI=1S/C15H21NO3/c17-14-12(10-11-4-6-16-7-5-11)2-3-13-15(14)19-9-1-8-18-13/h2-3,11,16-17H,1,4-10H2. The van der Waals surface area contributed by atoms with Crippen molar-refractivity contribution in [2.75, 3.05) is 26.3 Å². The van der Waals surface area contributed by atoms with Gasteiger partial charge >= 0.3 is 0 Å². The largest absolute Gasteiger partial charge is 0.504 e. The molecule has 1 aromatic rings. The lowest BCUT2D eigenvalue weighted by Crippen LogP contribution is -2.28. The second kappa shape index (κ2) is 5.70. The number of aromatic hydroxyl groups is 1. The summed E-state index contributed by atoms with van der Waals surface area (Å²) < 4.78 is 11.2. The second-order valence-corrected chi connectivity index (χ2v) is 5.35. The average molecular weight is 263 g/mol. The molecule has 1 aromatic carbocycles. The molecule has 0 unspecified atom stereocenters. The van der Waals surface area contributed by atoms with Crippen molar-refractivity contribution < 1.29 is 14.6 Å². The minimum Gasteiger partial charge on any atom is -0.504 e. The molecule has 1 fully saturated rings. The number of rotatable bonds is 2. The summed E-state index contributed by atoms with van der Waals surface area (Å²) >= 11 is 0. The number of hydrogen-bond donors (Lipinski definition) is 2. The van der Waals surface area contributed by atoms with Gasteiger partial charge in [0.15, 0.2) is 11.5 Å². The van der Waals surface area contributed by atoms with Crippen molar-refractivity contribution in [3.8, 4) is 17.2 Å². The Morgan fingerprint density at radius 2 is 1.95 bits per heavy atom. The lowest BCUT2D eigenvalue weighted by molar-refractivity contribution is 0.290. The van der Waals surface area contributed by atoms with Crippen LogP contribution in [0.5, 0.6) is 17.2 Å². The van der Waals surface area contributed by atoms with E-state index in [2.05, 4.69) is 5.32 Å². The molecule has 3 rings (SSSR count). The Kier molecular flexibility index (Phi) is 3.78. The van der Waals surface area contributed by atoms with E-state index < -0.39 is 0 Å². The fourth-order valence-electron chi connectivity index (χ4n) is 2.82. The Bertz CT molecular complexity index is 441. The fraction of sp³-hybridized carbons (Fsp3) is 0.600.